The Bertz CT molecular complexity index is 961. The molecule has 2 aromatic rings. The average molecular weight is 467 g/mol. The fraction of sp³-hybridized carbons (Fsp3) is 0.350. The van der Waals surface area contributed by atoms with Gasteiger partial charge in [-0.15, -0.1) is 0 Å². The molecule has 1 N–H and O–H groups in total. The highest BCUT2D eigenvalue weighted by atomic mass is 79.9. The maximum Gasteiger partial charge on any atom is 0.255 e. The van der Waals surface area contributed by atoms with Crippen LogP contribution in [0.15, 0.2) is 51.8 Å². The zero-order chi connectivity index (χ0) is 20.3. The van der Waals surface area contributed by atoms with Crippen molar-refractivity contribution in [3.05, 3.63) is 58.1 Å². The summed E-state index contributed by atoms with van der Waals surface area (Å²) in [5, 5.41) is 2.83. The van der Waals surface area contributed by atoms with Gasteiger partial charge in [0.2, 0.25) is 10.0 Å². The van der Waals surface area contributed by atoms with Gasteiger partial charge in [-0.1, -0.05) is 22.9 Å². The molecule has 1 aliphatic heterocycles. The van der Waals surface area contributed by atoms with Gasteiger partial charge in [0.15, 0.2) is 0 Å². The van der Waals surface area contributed by atoms with E-state index in [2.05, 4.69) is 21.2 Å². The molecule has 150 valence electrons. The van der Waals surface area contributed by atoms with E-state index in [1.54, 1.807) is 6.07 Å². The topological polar surface area (TPSA) is 75.7 Å². The Hall–Kier alpha value is -1.74. The van der Waals surface area contributed by atoms with E-state index in [0.29, 0.717) is 37.4 Å². The number of nitrogens with zero attached hydrogens (tertiary/aromatic N) is 1. The number of sulfonamides is 1. The van der Waals surface area contributed by atoms with Crippen molar-refractivity contribution >= 4 is 37.5 Å². The predicted molar refractivity (Wildman–Crippen MR) is 112 cm³/mol. The van der Waals surface area contributed by atoms with Crippen LogP contribution in [-0.4, -0.2) is 44.4 Å². The smallest absolute Gasteiger partial charge is 0.255 e. The van der Waals surface area contributed by atoms with Crippen molar-refractivity contribution in [3.63, 3.8) is 0 Å². The number of amides is 1. The molecule has 1 heterocycles. The molecular formula is C20H23BrN2O4S. The van der Waals surface area contributed by atoms with Crippen LogP contribution in [0.5, 0.6) is 0 Å². The fourth-order valence-electron chi connectivity index (χ4n) is 3.12. The Labute approximate surface area is 174 Å². The van der Waals surface area contributed by atoms with Gasteiger partial charge >= 0.3 is 0 Å². The Morgan fingerprint density at radius 1 is 1.25 bits per heavy atom. The van der Waals surface area contributed by atoms with Crippen LogP contribution in [0.3, 0.4) is 0 Å². The molecule has 28 heavy (non-hydrogen) atoms. The number of halogens is 1. The van der Waals surface area contributed by atoms with Crippen LogP contribution in [0.4, 0.5) is 5.69 Å². The number of rotatable bonds is 5. The minimum atomic E-state index is -3.62. The lowest BCUT2D eigenvalue weighted by molar-refractivity contribution is 0.0314. The summed E-state index contributed by atoms with van der Waals surface area (Å²) in [6.07, 6.45) is 0.687. The first-order chi connectivity index (χ1) is 13.3. The molecule has 0 saturated carbocycles. The molecule has 0 aromatic heterocycles. The molecule has 3 rings (SSSR count). The first-order valence-corrected chi connectivity index (χ1v) is 11.3. The number of ether oxygens (including phenoxy) is 1. The largest absolute Gasteiger partial charge is 0.378 e. The monoisotopic (exact) mass is 466 g/mol. The molecule has 1 unspecified atom stereocenters. The van der Waals surface area contributed by atoms with E-state index in [-0.39, 0.29) is 16.8 Å². The molecule has 1 fully saturated rings. The molecule has 1 amide bonds. The zero-order valence-corrected chi connectivity index (χ0v) is 18.2. The summed E-state index contributed by atoms with van der Waals surface area (Å²) < 4.78 is 33.8. The lowest BCUT2D eigenvalue weighted by atomic mass is 10.2. The predicted octanol–water partition coefficient (Wildman–Crippen LogP) is 3.81. The van der Waals surface area contributed by atoms with Gasteiger partial charge in [0.25, 0.3) is 5.91 Å². The Morgan fingerprint density at radius 2 is 1.96 bits per heavy atom. The summed E-state index contributed by atoms with van der Waals surface area (Å²) >= 11 is 3.43. The van der Waals surface area contributed by atoms with Crippen molar-refractivity contribution in [1.29, 1.82) is 0 Å². The van der Waals surface area contributed by atoms with Gasteiger partial charge in [-0.2, -0.15) is 4.31 Å². The third-order valence-electron chi connectivity index (χ3n) is 4.78. The standard InChI is InChI=1S/C20H23BrN2O4S/c1-3-17-13-27-11-10-23(17)28(25,26)18-7-4-15(5-8-18)20(24)22-16-6-9-19(21)14(2)12-16/h4-9,12,17H,3,10-11,13H2,1-2H3,(H,22,24). The minimum absolute atomic E-state index is 0.164. The molecule has 0 spiro atoms. The number of anilines is 1. The van der Waals surface area contributed by atoms with Crippen LogP contribution in [0.2, 0.25) is 0 Å². The SMILES string of the molecule is CCC1COCCN1S(=O)(=O)c1ccc(C(=O)Nc2ccc(Br)c(C)c2)cc1. The van der Waals surface area contributed by atoms with Crippen LogP contribution in [0.25, 0.3) is 0 Å². The average Bonchev–Trinajstić information content (AvgIpc) is 2.70. The number of carbonyl (C=O) groups is 1. The summed E-state index contributed by atoms with van der Waals surface area (Å²) in [6, 6.07) is 11.4. The number of morpholine rings is 1. The number of hydrogen-bond acceptors (Lipinski definition) is 4. The molecule has 1 saturated heterocycles. The zero-order valence-electron chi connectivity index (χ0n) is 15.8. The van der Waals surface area contributed by atoms with Crippen LogP contribution >= 0.6 is 15.9 Å². The van der Waals surface area contributed by atoms with Crippen LogP contribution < -0.4 is 5.32 Å². The first kappa shape index (κ1) is 21.0. The van der Waals surface area contributed by atoms with Crippen LogP contribution in [0, 0.1) is 6.92 Å². The molecule has 0 bridgehead atoms. The Morgan fingerprint density at radius 3 is 2.61 bits per heavy atom. The Kier molecular flexibility index (Phi) is 6.54. The van der Waals surface area contributed by atoms with Gasteiger partial charge in [-0.05, 0) is 61.4 Å². The molecule has 1 atom stereocenters. The highest BCUT2D eigenvalue weighted by Crippen LogP contribution is 2.23. The van der Waals surface area contributed by atoms with Crippen molar-refractivity contribution in [1.82, 2.24) is 4.31 Å². The van der Waals surface area contributed by atoms with E-state index in [1.165, 1.54) is 28.6 Å². The van der Waals surface area contributed by atoms with Gasteiger partial charge in [-0.25, -0.2) is 8.42 Å². The quantitative estimate of drug-likeness (QED) is 0.726. The third-order valence-corrected chi connectivity index (χ3v) is 7.64. The number of benzene rings is 2. The van der Waals surface area contributed by atoms with E-state index < -0.39 is 10.0 Å². The maximum atomic E-state index is 13.0. The third kappa shape index (κ3) is 4.46. The van der Waals surface area contributed by atoms with E-state index in [4.69, 9.17) is 4.74 Å². The molecule has 6 nitrogen and oxygen atoms in total. The van der Waals surface area contributed by atoms with E-state index in [9.17, 15) is 13.2 Å². The van der Waals surface area contributed by atoms with Gasteiger partial charge in [0, 0.05) is 28.3 Å². The van der Waals surface area contributed by atoms with Crippen molar-refractivity contribution < 1.29 is 17.9 Å². The lowest BCUT2D eigenvalue weighted by Crippen LogP contribution is -2.48. The molecule has 1 aliphatic rings. The number of hydrogen-bond donors (Lipinski definition) is 1. The number of aryl methyl sites for hydroxylation is 1. The lowest BCUT2D eigenvalue weighted by Gasteiger charge is -2.33. The number of carbonyl (C=O) groups excluding carboxylic acids is 1. The molecule has 8 heteroatoms. The molecule has 2 aromatic carbocycles. The van der Waals surface area contributed by atoms with Gasteiger partial charge in [0.05, 0.1) is 18.1 Å². The Balaban J connectivity index is 1.76. The summed E-state index contributed by atoms with van der Waals surface area (Å²) in [4.78, 5) is 12.7. The van der Waals surface area contributed by atoms with Gasteiger partial charge in [0.1, 0.15) is 0 Å². The summed E-state index contributed by atoms with van der Waals surface area (Å²) in [5.41, 5.74) is 2.09. The van der Waals surface area contributed by atoms with Crippen molar-refractivity contribution in [2.75, 3.05) is 25.1 Å². The van der Waals surface area contributed by atoms with Crippen molar-refractivity contribution in [2.45, 2.75) is 31.2 Å². The van der Waals surface area contributed by atoms with E-state index >= 15 is 0 Å². The summed E-state index contributed by atoms with van der Waals surface area (Å²) in [6.45, 7) is 5.02. The van der Waals surface area contributed by atoms with Gasteiger partial charge < -0.3 is 10.1 Å². The highest BCUT2D eigenvalue weighted by molar-refractivity contribution is 9.10. The van der Waals surface area contributed by atoms with Crippen molar-refractivity contribution in [3.8, 4) is 0 Å². The molecule has 0 aliphatic carbocycles. The second-order valence-corrected chi connectivity index (χ2v) is 9.44. The fourth-order valence-corrected chi connectivity index (χ4v) is 5.03. The molecular weight excluding hydrogens is 444 g/mol. The van der Waals surface area contributed by atoms with Crippen LogP contribution in [0.1, 0.15) is 29.3 Å². The minimum Gasteiger partial charge on any atom is -0.378 e. The summed E-state index contributed by atoms with van der Waals surface area (Å²) in [7, 11) is -3.62. The maximum absolute atomic E-state index is 13.0. The van der Waals surface area contributed by atoms with Crippen molar-refractivity contribution in [2.24, 2.45) is 0 Å². The first-order valence-electron chi connectivity index (χ1n) is 9.10. The second kappa shape index (κ2) is 8.73. The van der Waals surface area contributed by atoms with Crippen LogP contribution in [-0.2, 0) is 14.8 Å². The normalized spacial score (nSPS) is 18.0. The second-order valence-electron chi connectivity index (χ2n) is 6.70. The van der Waals surface area contributed by atoms with E-state index in [0.717, 1.165) is 10.0 Å². The molecule has 0 radical (unpaired) electrons. The summed E-state index contributed by atoms with van der Waals surface area (Å²) in [5.74, 6) is -0.288. The number of nitrogens with one attached hydrogen (secondary N) is 1. The van der Waals surface area contributed by atoms with E-state index in [1.807, 2.05) is 26.0 Å². The highest BCUT2D eigenvalue weighted by Gasteiger charge is 2.33. The van der Waals surface area contributed by atoms with Gasteiger partial charge in [-0.3, -0.25) is 4.79 Å².